The third kappa shape index (κ3) is 3.79. The lowest BCUT2D eigenvalue weighted by molar-refractivity contribution is -0.0134. The second-order valence-electron chi connectivity index (χ2n) is 6.91. The number of ether oxygens (including phenoxy) is 1. The molecular weight excluding hydrogens is 265 g/mol. The van der Waals surface area contributed by atoms with Crippen molar-refractivity contribution in [2.24, 2.45) is 5.41 Å². The molecule has 0 aliphatic carbocycles. The van der Waals surface area contributed by atoms with E-state index in [4.69, 9.17) is 19.8 Å². The van der Waals surface area contributed by atoms with E-state index in [1.54, 1.807) is 0 Å². The summed E-state index contributed by atoms with van der Waals surface area (Å²) < 4.78 is 17.4. The van der Waals surface area contributed by atoms with Crippen LogP contribution in [0.4, 0.5) is 5.69 Å². The maximum absolute atomic E-state index is 6.21. The van der Waals surface area contributed by atoms with Crippen LogP contribution >= 0.6 is 0 Å². The molecule has 0 atom stereocenters. The zero-order chi connectivity index (χ0) is 15.7. The Balaban J connectivity index is 2.16. The van der Waals surface area contributed by atoms with Crippen LogP contribution in [0.3, 0.4) is 0 Å². The van der Waals surface area contributed by atoms with Crippen molar-refractivity contribution in [3.05, 3.63) is 23.8 Å². The van der Waals surface area contributed by atoms with E-state index in [-0.39, 0.29) is 12.5 Å². The lowest BCUT2D eigenvalue weighted by atomic mass is 9.75. The predicted molar refractivity (Wildman–Crippen MR) is 86.6 cm³/mol. The van der Waals surface area contributed by atoms with E-state index in [9.17, 15) is 0 Å². The lowest BCUT2D eigenvalue weighted by Crippen LogP contribution is -2.47. The van der Waals surface area contributed by atoms with Gasteiger partial charge in [0.1, 0.15) is 0 Å². The maximum atomic E-state index is 6.21. The highest BCUT2D eigenvalue weighted by molar-refractivity contribution is 6.61. The van der Waals surface area contributed by atoms with Crippen molar-refractivity contribution >= 4 is 18.3 Å². The first-order valence-corrected chi connectivity index (χ1v) is 7.52. The Morgan fingerprint density at radius 3 is 2.43 bits per heavy atom. The van der Waals surface area contributed by atoms with Crippen LogP contribution in [-0.4, -0.2) is 26.9 Å². The van der Waals surface area contributed by atoms with Gasteiger partial charge in [-0.1, -0.05) is 26.0 Å². The maximum Gasteiger partial charge on any atom is 0.493 e. The van der Waals surface area contributed by atoms with Gasteiger partial charge in [-0.25, -0.2) is 0 Å². The van der Waals surface area contributed by atoms with Gasteiger partial charge in [0.25, 0.3) is 0 Å². The van der Waals surface area contributed by atoms with Crippen LogP contribution in [-0.2, 0) is 19.6 Å². The number of anilines is 1. The summed E-state index contributed by atoms with van der Waals surface area (Å²) in [6.45, 7) is 12.3. The highest BCUT2D eigenvalue weighted by Crippen LogP contribution is 2.29. The number of nitrogens with two attached hydrogens (primary N) is 1. The van der Waals surface area contributed by atoms with Crippen molar-refractivity contribution in [2.45, 2.75) is 40.2 Å². The summed E-state index contributed by atoms with van der Waals surface area (Å²) in [5.41, 5.74) is 8.54. The molecule has 1 heterocycles. The van der Waals surface area contributed by atoms with Crippen LogP contribution in [0.15, 0.2) is 18.2 Å². The molecule has 1 aromatic carbocycles. The van der Waals surface area contributed by atoms with Crippen LogP contribution in [0.2, 0.25) is 0 Å². The van der Waals surface area contributed by atoms with E-state index in [2.05, 4.69) is 13.8 Å². The van der Waals surface area contributed by atoms with Gasteiger partial charge >= 0.3 is 7.12 Å². The number of benzene rings is 1. The number of hydrogen-bond donors (Lipinski definition) is 1. The van der Waals surface area contributed by atoms with Gasteiger partial charge < -0.3 is 19.8 Å². The van der Waals surface area contributed by atoms with Crippen molar-refractivity contribution in [1.82, 2.24) is 0 Å². The van der Waals surface area contributed by atoms with Crippen molar-refractivity contribution in [1.29, 1.82) is 0 Å². The molecule has 0 aromatic heterocycles. The van der Waals surface area contributed by atoms with Gasteiger partial charge in [-0.15, -0.1) is 0 Å². The zero-order valence-corrected chi connectivity index (χ0v) is 13.7. The van der Waals surface area contributed by atoms with E-state index in [1.165, 1.54) is 0 Å². The van der Waals surface area contributed by atoms with Gasteiger partial charge in [0, 0.05) is 36.5 Å². The summed E-state index contributed by atoms with van der Waals surface area (Å²) in [6, 6.07) is 5.95. The van der Waals surface area contributed by atoms with Gasteiger partial charge in [-0.2, -0.15) is 0 Å². The topological polar surface area (TPSA) is 53.7 Å². The SMILES string of the molecule is CCOC(C)(C)c1ccc(B2OCC(C)(C)CO2)cc1N. The Hall–Kier alpha value is -1.04. The molecule has 0 saturated carbocycles. The van der Waals surface area contributed by atoms with Crippen molar-refractivity contribution in [3.63, 3.8) is 0 Å². The Kier molecular flexibility index (Phi) is 4.66. The minimum Gasteiger partial charge on any atom is -0.407 e. The molecule has 1 saturated heterocycles. The van der Waals surface area contributed by atoms with Crippen molar-refractivity contribution in [3.8, 4) is 0 Å². The molecule has 4 nitrogen and oxygen atoms in total. The molecule has 0 radical (unpaired) electrons. The highest BCUT2D eigenvalue weighted by Gasteiger charge is 2.34. The highest BCUT2D eigenvalue weighted by atomic mass is 16.6. The second-order valence-corrected chi connectivity index (χ2v) is 6.91. The standard InChI is InChI=1S/C16H26BNO3/c1-6-19-16(4,5)13-8-7-12(9-14(13)18)17-20-10-15(2,3)11-21-17/h7-9H,6,10-11,18H2,1-5H3. The molecule has 0 bridgehead atoms. The average Bonchev–Trinajstić information content (AvgIpc) is 2.38. The molecule has 1 aliphatic heterocycles. The Morgan fingerprint density at radius 2 is 1.90 bits per heavy atom. The molecule has 0 amide bonds. The van der Waals surface area contributed by atoms with Gasteiger partial charge in [0.05, 0.1) is 5.60 Å². The molecule has 116 valence electrons. The molecule has 1 aliphatic rings. The monoisotopic (exact) mass is 291 g/mol. The van der Waals surface area contributed by atoms with Gasteiger partial charge in [0.2, 0.25) is 0 Å². The third-order valence-corrected chi connectivity index (χ3v) is 3.75. The van der Waals surface area contributed by atoms with Crippen LogP contribution in [0.5, 0.6) is 0 Å². The average molecular weight is 291 g/mol. The lowest BCUT2D eigenvalue weighted by Gasteiger charge is -2.33. The summed E-state index contributed by atoms with van der Waals surface area (Å²) >= 11 is 0. The zero-order valence-electron chi connectivity index (χ0n) is 13.7. The first kappa shape index (κ1) is 16.3. The molecule has 1 aromatic rings. The fourth-order valence-electron chi connectivity index (χ4n) is 2.60. The van der Waals surface area contributed by atoms with E-state index in [0.29, 0.717) is 25.5 Å². The normalized spacial score (nSPS) is 18.8. The predicted octanol–water partition coefficient (Wildman–Crippen LogP) is 2.31. The Labute approximate surface area is 128 Å². The summed E-state index contributed by atoms with van der Waals surface area (Å²) in [4.78, 5) is 0. The molecule has 21 heavy (non-hydrogen) atoms. The fourth-order valence-corrected chi connectivity index (χ4v) is 2.60. The molecular formula is C16H26BNO3. The van der Waals surface area contributed by atoms with E-state index in [0.717, 1.165) is 11.0 Å². The van der Waals surface area contributed by atoms with Crippen LogP contribution in [0.25, 0.3) is 0 Å². The van der Waals surface area contributed by atoms with Crippen LogP contribution < -0.4 is 11.2 Å². The Morgan fingerprint density at radius 1 is 1.29 bits per heavy atom. The van der Waals surface area contributed by atoms with Gasteiger partial charge in [-0.3, -0.25) is 0 Å². The number of rotatable bonds is 4. The van der Waals surface area contributed by atoms with E-state index >= 15 is 0 Å². The van der Waals surface area contributed by atoms with E-state index < -0.39 is 5.60 Å². The van der Waals surface area contributed by atoms with Crippen molar-refractivity contribution in [2.75, 3.05) is 25.6 Å². The summed E-state index contributed by atoms with van der Waals surface area (Å²) in [7, 11) is -0.329. The largest absolute Gasteiger partial charge is 0.493 e. The molecule has 5 heteroatoms. The van der Waals surface area contributed by atoms with Crippen LogP contribution in [0, 0.1) is 5.41 Å². The molecule has 0 spiro atoms. The summed E-state index contributed by atoms with van der Waals surface area (Å²) in [5.74, 6) is 0. The fraction of sp³-hybridized carbons (Fsp3) is 0.625. The minimum atomic E-state index is -0.395. The van der Waals surface area contributed by atoms with Crippen LogP contribution in [0.1, 0.15) is 40.2 Å². The van der Waals surface area contributed by atoms with E-state index in [1.807, 2.05) is 39.0 Å². The first-order chi connectivity index (χ1) is 9.75. The van der Waals surface area contributed by atoms with Gasteiger partial charge in [0.15, 0.2) is 0 Å². The summed E-state index contributed by atoms with van der Waals surface area (Å²) in [5, 5.41) is 0. The molecule has 2 rings (SSSR count). The smallest absolute Gasteiger partial charge is 0.407 e. The summed E-state index contributed by atoms with van der Waals surface area (Å²) in [6.07, 6.45) is 0. The number of hydrogen-bond acceptors (Lipinski definition) is 4. The first-order valence-electron chi connectivity index (χ1n) is 7.52. The molecule has 2 N–H and O–H groups in total. The Bertz CT molecular complexity index is 492. The minimum absolute atomic E-state index is 0.0684. The molecule has 0 unspecified atom stereocenters. The quantitative estimate of drug-likeness (QED) is 0.683. The number of nitrogen functional groups attached to an aromatic ring is 1. The van der Waals surface area contributed by atoms with Gasteiger partial charge in [-0.05, 0) is 32.3 Å². The molecule has 1 fully saturated rings. The second kappa shape index (κ2) is 5.99. The van der Waals surface area contributed by atoms with Crippen molar-refractivity contribution < 1.29 is 14.0 Å². The third-order valence-electron chi connectivity index (χ3n) is 3.75.